The SMILES string of the molecule is CNC(=O)c1ccc(C2C(O)[C@@]3(O)C(c4ccc(O)cc4)[C@@](O)([C@H](O)CO)[C@@]23O)cc1. The van der Waals surface area contributed by atoms with Gasteiger partial charge in [0.2, 0.25) is 0 Å². The lowest BCUT2D eigenvalue weighted by Gasteiger charge is -2.80. The Morgan fingerprint density at radius 1 is 1.03 bits per heavy atom. The van der Waals surface area contributed by atoms with E-state index in [1.807, 2.05) is 0 Å². The molecule has 2 aromatic carbocycles. The van der Waals surface area contributed by atoms with Crippen LogP contribution in [0.3, 0.4) is 0 Å². The van der Waals surface area contributed by atoms with Gasteiger partial charge in [0.15, 0.2) is 0 Å². The molecule has 0 saturated heterocycles. The molecule has 2 aromatic rings. The van der Waals surface area contributed by atoms with Crippen molar-refractivity contribution in [1.29, 1.82) is 0 Å². The van der Waals surface area contributed by atoms with E-state index in [9.17, 15) is 40.5 Å². The summed E-state index contributed by atoms with van der Waals surface area (Å²) in [5.41, 5.74) is -6.09. The van der Waals surface area contributed by atoms with Crippen molar-refractivity contribution in [2.45, 2.75) is 40.8 Å². The molecular weight excluding hydrogens is 406 g/mol. The predicted molar refractivity (Wildman–Crippen MR) is 107 cm³/mol. The van der Waals surface area contributed by atoms with Gasteiger partial charge < -0.3 is 41.1 Å². The van der Waals surface area contributed by atoms with Gasteiger partial charge in [-0.1, -0.05) is 24.3 Å². The summed E-state index contributed by atoms with van der Waals surface area (Å²) in [5.74, 6) is -2.95. The number of nitrogens with one attached hydrogen (secondary N) is 1. The molecular formula is C22H25NO8. The van der Waals surface area contributed by atoms with E-state index in [0.29, 0.717) is 11.1 Å². The quantitative estimate of drug-likeness (QED) is 0.284. The molecule has 0 aromatic heterocycles. The maximum Gasteiger partial charge on any atom is 0.251 e. The minimum atomic E-state index is -2.41. The van der Waals surface area contributed by atoms with Crippen LogP contribution >= 0.6 is 0 Å². The molecule has 1 amide bonds. The number of aromatic hydroxyl groups is 1. The van der Waals surface area contributed by atoms with E-state index >= 15 is 0 Å². The number of hydrogen-bond donors (Lipinski definition) is 8. The van der Waals surface area contributed by atoms with Gasteiger partial charge in [-0.2, -0.15) is 0 Å². The van der Waals surface area contributed by atoms with Crippen LogP contribution in [-0.4, -0.2) is 84.3 Å². The number of carbonyl (C=O) groups excluding carboxylic acids is 1. The van der Waals surface area contributed by atoms with E-state index < -0.39 is 47.5 Å². The zero-order chi connectivity index (χ0) is 22.8. The molecule has 2 aliphatic rings. The second-order valence-electron chi connectivity index (χ2n) is 8.26. The number of rotatable bonds is 5. The molecule has 3 unspecified atom stereocenters. The Morgan fingerprint density at radius 2 is 1.58 bits per heavy atom. The van der Waals surface area contributed by atoms with Gasteiger partial charge in [-0.15, -0.1) is 0 Å². The Hall–Kier alpha value is -2.53. The van der Waals surface area contributed by atoms with Crippen molar-refractivity contribution in [2.75, 3.05) is 13.7 Å². The van der Waals surface area contributed by atoms with Gasteiger partial charge in [0.1, 0.15) is 28.7 Å². The molecule has 2 saturated carbocycles. The predicted octanol–water partition coefficient (Wildman–Crippen LogP) is -1.45. The van der Waals surface area contributed by atoms with Gasteiger partial charge in [0, 0.05) is 18.5 Å². The maximum atomic E-state index is 11.8. The van der Waals surface area contributed by atoms with E-state index in [2.05, 4.69) is 5.32 Å². The van der Waals surface area contributed by atoms with Crippen LogP contribution in [0.5, 0.6) is 5.75 Å². The van der Waals surface area contributed by atoms with Crippen LogP contribution in [0.4, 0.5) is 0 Å². The van der Waals surface area contributed by atoms with Gasteiger partial charge >= 0.3 is 0 Å². The fraction of sp³-hybridized carbons (Fsp3) is 0.409. The summed E-state index contributed by atoms with van der Waals surface area (Å²) in [6.07, 6.45) is -3.36. The van der Waals surface area contributed by atoms with Crippen LogP contribution in [0.2, 0.25) is 0 Å². The molecule has 0 aliphatic heterocycles. The third kappa shape index (κ3) is 2.44. The molecule has 0 heterocycles. The molecule has 0 spiro atoms. The second-order valence-corrected chi connectivity index (χ2v) is 8.26. The molecule has 9 nitrogen and oxygen atoms in total. The lowest BCUT2D eigenvalue weighted by molar-refractivity contribution is -0.459. The summed E-state index contributed by atoms with van der Waals surface area (Å²) in [6.45, 7) is -0.901. The summed E-state index contributed by atoms with van der Waals surface area (Å²) in [7, 11) is 1.48. The van der Waals surface area contributed by atoms with Crippen LogP contribution in [0.25, 0.3) is 0 Å². The number of phenolic OH excluding ortho intramolecular Hbond substituents is 1. The van der Waals surface area contributed by atoms with Gasteiger partial charge in [0.25, 0.3) is 5.91 Å². The number of fused-ring (bicyclic) bond motifs is 1. The van der Waals surface area contributed by atoms with Gasteiger partial charge in [-0.3, -0.25) is 4.79 Å². The molecule has 7 atom stereocenters. The van der Waals surface area contributed by atoms with E-state index in [1.54, 1.807) is 0 Å². The van der Waals surface area contributed by atoms with Crippen molar-refractivity contribution in [2.24, 2.45) is 0 Å². The van der Waals surface area contributed by atoms with Crippen molar-refractivity contribution in [1.82, 2.24) is 5.32 Å². The normalized spacial score (nSPS) is 37.2. The minimum Gasteiger partial charge on any atom is -0.508 e. The second kappa shape index (κ2) is 6.99. The van der Waals surface area contributed by atoms with Crippen molar-refractivity contribution in [3.63, 3.8) is 0 Å². The number of carbonyl (C=O) groups is 1. The number of benzene rings is 2. The first-order valence-corrected chi connectivity index (χ1v) is 9.84. The third-order valence-corrected chi connectivity index (χ3v) is 6.98. The Bertz CT molecular complexity index is 996. The number of hydrogen-bond acceptors (Lipinski definition) is 8. The Labute approximate surface area is 177 Å². The molecule has 8 N–H and O–H groups in total. The van der Waals surface area contributed by atoms with E-state index in [4.69, 9.17) is 0 Å². The zero-order valence-electron chi connectivity index (χ0n) is 16.7. The molecule has 166 valence electrons. The van der Waals surface area contributed by atoms with Crippen LogP contribution in [-0.2, 0) is 0 Å². The highest BCUT2D eigenvalue weighted by Gasteiger charge is 2.93. The first-order valence-electron chi connectivity index (χ1n) is 9.84. The van der Waals surface area contributed by atoms with Crippen molar-refractivity contribution < 1.29 is 40.5 Å². The van der Waals surface area contributed by atoms with Gasteiger partial charge in [-0.25, -0.2) is 0 Å². The van der Waals surface area contributed by atoms with Crippen LogP contribution < -0.4 is 5.32 Å². The first-order chi connectivity index (χ1) is 14.6. The van der Waals surface area contributed by atoms with E-state index in [1.165, 1.54) is 55.6 Å². The Morgan fingerprint density at radius 3 is 2.10 bits per heavy atom. The highest BCUT2D eigenvalue weighted by atomic mass is 16.5. The average molecular weight is 431 g/mol. The lowest BCUT2D eigenvalue weighted by Crippen LogP contribution is -2.99. The van der Waals surface area contributed by atoms with E-state index in [-0.39, 0.29) is 17.2 Å². The standard InChI is InChI=1S/C22H25NO8/c1-23-19(28)13-4-2-11(3-5-13)16-18(27)21(30)17(12-6-8-14(25)9-7-12)20(29,15(26)10-24)22(16,21)31/h2-9,15-18,24-27,29-31H,10H2,1H3,(H,23,28)/t15-,16?,17?,18?,20+,21+,22+/m1/s1. The molecule has 31 heavy (non-hydrogen) atoms. The monoisotopic (exact) mass is 431 g/mol. The summed E-state index contributed by atoms with van der Waals surface area (Å²) in [6, 6.07) is 11.3. The van der Waals surface area contributed by atoms with Crippen LogP contribution in [0, 0.1) is 0 Å². The van der Waals surface area contributed by atoms with Gasteiger partial charge in [0.05, 0.1) is 18.6 Å². The maximum absolute atomic E-state index is 11.8. The lowest BCUT2D eigenvalue weighted by atomic mass is 9.30. The number of aliphatic hydroxyl groups excluding tert-OH is 3. The number of phenols is 1. The topological polar surface area (TPSA) is 171 Å². The highest BCUT2D eigenvalue weighted by Crippen LogP contribution is 2.75. The number of aliphatic hydroxyl groups is 6. The summed E-state index contributed by atoms with van der Waals surface area (Å²) < 4.78 is 0. The zero-order valence-corrected chi connectivity index (χ0v) is 16.7. The highest BCUT2D eigenvalue weighted by molar-refractivity contribution is 5.94. The van der Waals surface area contributed by atoms with Crippen LogP contribution in [0.15, 0.2) is 48.5 Å². The fourth-order valence-electron chi connectivity index (χ4n) is 5.47. The fourth-order valence-corrected chi connectivity index (χ4v) is 5.47. The minimum absolute atomic E-state index is 0.0696. The molecule has 2 fully saturated rings. The van der Waals surface area contributed by atoms with Crippen molar-refractivity contribution >= 4 is 5.91 Å². The summed E-state index contributed by atoms with van der Waals surface area (Å²) in [5, 5.41) is 77.2. The molecule has 4 rings (SSSR count). The largest absolute Gasteiger partial charge is 0.508 e. The van der Waals surface area contributed by atoms with Crippen molar-refractivity contribution in [3.8, 4) is 5.75 Å². The van der Waals surface area contributed by atoms with E-state index in [0.717, 1.165) is 0 Å². The van der Waals surface area contributed by atoms with Crippen LogP contribution in [0.1, 0.15) is 33.3 Å². The molecule has 2 aliphatic carbocycles. The molecule has 9 heteroatoms. The third-order valence-electron chi connectivity index (χ3n) is 6.98. The summed E-state index contributed by atoms with van der Waals surface area (Å²) in [4.78, 5) is 11.8. The number of amides is 1. The molecule has 0 radical (unpaired) electrons. The smallest absolute Gasteiger partial charge is 0.251 e. The molecule has 0 bridgehead atoms. The Kier molecular flexibility index (Phi) is 4.89. The summed E-state index contributed by atoms with van der Waals surface area (Å²) >= 11 is 0. The van der Waals surface area contributed by atoms with Gasteiger partial charge in [-0.05, 0) is 35.4 Å². The average Bonchev–Trinajstić information content (AvgIpc) is 2.79. The van der Waals surface area contributed by atoms with Crippen molar-refractivity contribution in [3.05, 3.63) is 65.2 Å². The first kappa shape index (κ1) is 21.7. The Balaban J connectivity index is 1.79.